The van der Waals surface area contributed by atoms with Crippen LogP contribution in [0, 0.1) is 6.92 Å². The number of anilines is 1. The predicted molar refractivity (Wildman–Crippen MR) is 72.5 cm³/mol. The van der Waals surface area contributed by atoms with Crippen LogP contribution in [0.4, 0.5) is 5.13 Å². The number of nitrogens with one attached hydrogen (secondary N) is 1. The molecule has 0 aliphatic rings. The molecule has 0 saturated heterocycles. The lowest BCUT2D eigenvalue weighted by atomic mass is 10.3. The van der Waals surface area contributed by atoms with Gasteiger partial charge in [-0.2, -0.15) is 0 Å². The fourth-order valence-corrected chi connectivity index (χ4v) is 3.25. The van der Waals surface area contributed by atoms with Crippen LogP contribution in [0.5, 0.6) is 0 Å². The standard InChI is InChI=1S/C12H16N2S2/c1-3-4-10-7-13-12(16-10)14-8-11-9(2)5-6-15-11/h5-7H,3-4,8H2,1-2H3,(H,13,14). The van der Waals surface area contributed by atoms with E-state index in [4.69, 9.17) is 0 Å². The lowest BCUT2D eigenvalue weighted by Crippen LogP contribution is -1.97. The van der Waals surface area contributed by atoms with E-state index in [2.05, 4.69) is 35.6 Å². The maximum Gasteiger partial charge on any atom is 0.183 e. The maximum absolute atomic E-state index is 4.38. The summed E-state index contributed by atoms with van der Waals surface area (Å²) in [7, 11) is 0. The lowest BCUT2D eigenvalue weighted by molar-refractivity contribution is 0.936. The predicted octanol–water partition coefficient (Wildman–Crippen LogP) is 4.08. The molecule has 2 aromatic heterocycles. The van der Waals surface area contributed by atoms with Crippen LogP contribution in [0.25, 0.3) is 0 Å². The Labute approximate surface area is 104 Å². The number of aromatic nitrogens is 1. The highest BCUT2D eigenvalue weighted by Crippen LogP contribution is 2.22. The Morgan fingerprint density at radius 3 is 3.00 bits per heavy atom. The van der Waals surface area contributed by atoms with Crippen molar-refractivity contribution in [3.05, 3.63) is 33.0 Å². The molecule has 2 heterocycles. The Bertz CT molecular complexity index is 445. The van der Waals surface area contributed by atoms with Gasteiger partial charge >= 0.3 is 0 Å². The van der Waals surface area contributed by atoms with Crippen LogP contribution in [0.2, 0.25) is 0 Å². The fourth-order valence-electron chi connectivity index (χ4n) is 1.49. The number of thiazole rings is 1. The van der Waals surface area contributed by atoms with Crippen LogP contribution in [0.3, 0.4) is 0 Å². The summed E-state index contributed by atoms with van der Waals surface area (Å²) < 4.78 is 0. The van der Waals surface area contributed by atoms with Crippen LogP contribution in [0.1, 0.15) is 28.7 Å². The molecule has 0 bridgehead atoms. The van der Waals surface area contributed by atoms with Crippen LogP contribution in [0.15, 0.2) is 17.6 Å². The van der Waals surface area contributed by atoms with Crippen molar-refractivity contribution in [1.29, 1.82) is 0 Å². The van der Waals surface area contributed by atoms with Gasteiger partial charge in [-0.3, -0.25) is 0 Å². The van der Waals surface area contributed by atoms with Crippen molar-refractivity contribution in [3.63, 3.8) is 0 Å². The summed E-state index contributed by atoms with van der Waals surface area (Å²) in [6, 6.07) is 2.16. The monoisotopic (exact) mass is 252 g/mol. The van der Waals surface area contributed by atoms with Crippen LogP contribution in [-0.2, 0) is 13.0 Å². The van der Waals surface area contributed by atoms with E-state index in [1.165, 1.54) is 21.7 Å². The highest BCUT2D eigenvalue weighted by atomic mass is 32.1. The average molecular weight is 252 g/mol. The zero-order valence-electron chi connectivity index (χ0n) is 9.62. The molecule has 0 aliphatic carbocycles. The molecular weight excluding hydrogens is 236 g/mol. The summed E-state index contributed by atoms with van der Waals surface area (Å²) in [4.78, 5) is 7.14. The van der Waals surface area contributed by atoms with Crippen molar-refractivity contribution < 1.29 is 0 Å². The zero-order valence-corrected chi connectivity index (χ0v) is 11.3. The van der Waals surface area contributed by atoms with E-state index in [1.807, 2.05) is 6.20 Å². The largest absolute Gasteiger partial charge is 0.357 e. The molecule has 0 aliphatic heterocycles. The van der Waals surface area contributed by atoms with Gasteiger partial charge in [0, 0.05) is 16.0 Å². The minimum atomic E-state index is 0.891. The van der Waals surface area contributed by atoms with Gasteiger partial charge in [0.25, 0.3) is 0 Å². The van der Waals surface area contributed by atoms with E-state index < -0.39 is 0 Å². The van der Waals surface area contributed by atoms with E-state index >= 15 is 0 Å². The fraction of sp³-hybridized carbons (Fsp3) is 0.417. The Hall–Kier alpha value is -0.870. The number of hydrogen-bond donors (Lipinski definition) is 1. The third-order valence-corrected chi connectivity index (χ3v) is 4.46. The van der Waals surface area contributed by atoms with Crippen molar-refractivity contribution >= 4 is 27.8 Å². The van der Waals surface area contributed by atoms with E-state index in [0.29, 0.717) is 0 Å². The second-order valence-electron chi connectivity index (χ2n) is 3.76. The first-order chi connectivity index (χ1) is 7.79. The summed E-state index contributed by atoms with van der Waals surface area (Å²) >= 11 is 3.57. The normalized spacial score (nSPS) is 10.6. The van der Waals surface area contributed by atoms with E-state index in [0.717, 1.165) is 18.1 Å². The first kappa shape index (κ1) is 11.6. The van der Waals surface area contributed by atoms with Crippen molar-refractivity contribution in [2.45, 2.75) is 33.2 Å². The molecule has 0 saturated carbocycles. The van der Waals surface area contributed by atoms with Gasteiger partial charge in [0.1, 0.15) is 0 Å². The number of rotatable bonds is 5. The SMILES string of the molecule is CCCc1cnc(NCc2sccc2C)s1. The van der Waals surface area contributed by atoms with Gasteiger partial charge < -0.3 is 5.32 Å². The summed E-state index contributed by atoms with van der Waals surface area (Å²) in [6.45, 7) is 5.24. The molecule has 0 amide bonds. The van der Waals surface area contributed by atoms with Gasteiger partial charge in [-0.15, -0.1) is 22.7 Å². The summed E-state index contributed by atoms with van der Waals surface area (Å²) in [5.41, 5.74) is 1.36. The Kier molecular flexibility index (Phi) is 3.96. The highest BCUT2D eigenvalue weighted by molar-refractivity contribution is 7.15. The minimum Gasteiger partial charge on any atom is -0.357 e. The molecule has 0 aromatic carbocycles. The van der Waals surface area contributed by atoms with Gasteiger partial charge in [-0.1, -0.05) is 13.3 Å². The molecule has 0 spiro atoms. The first-order valence-electron chi connectivity index (χ1n) is 5.51. The molecule has 2 nitrogen and oxygen atoms in total. The number of aryl methyl sites for hydroxylation is 2. The van der Waals surface area contributed by atoms with E-state index in [-0.39, 0.29) is 0 Å². The first-order valence-corrected chi connectivity index (χ1v) is 7.20. The zero-order chi connectivity index (χ0) is 11.4. The quantitative estimate of drug-likeness (QED) is 0.867. The van der Waals surface area contributed by atoms with Crippen molar-refractivity contribution in [2.24, 2.45) is 0 Å². The Morgan fingerprint density at radius 2 is 2.31 bits per heavy atom. The van der Waals surface area contributed by atoms with Crippen molar-refractivity contribution in [2.75, 3.05) is 5.32 Å². The molecule has 1 N–H and O–H groups in total. The van der Waals surface area contributed by atoms with Gasteiger partial charge in [-0.05, 0) is 30.4 Å². The third-order valence-electron chi connectivity index (χ3n) is 2.42. The van der Waals surface area contributed by atoms with Crippen LogP contribution in [-0.4, -0.2) is 4.98 Å². The number of thiophene rings is 1. The molecule has 0 atom stereocenters. The Balaban J connectivity index is 1.92. The molecule has 0 fully saturated rings. The summed E-state index contributed by atoms with van der Waals surface area (Å²) in [5, 5.41) is 6.56. The second kappa shape index (κ2) is 5.46. The summed E-state index contributed by atoms with van der Waals surface area (Å²) in [6.07, 6.45) is 4.31. The smallest absolute Gasteiger partial charge is 0.183 e. The van der Waals surface area contributed by atoms with Crippen LogP contribution >= 0.6 is 22.7 Å². The van der Waals surface area contributed by atoms with E-state index in [9.17, 15) is 0 Å². The minimum absolute atomic E-state index is 0.891. The molecule has 0 radical (unpaired) electrons. The average Bonchev–Trinajstić information content (AvgIpc) is 2.86. The number of nitrogens with zero attached hydrogens (tertiary/aromatic N) is 1. The highest BCUT2D eigenvalue weighted by Gasteiger charge is 2.03. The molecule has 4 heteroatoms. The molecule has 2 aromatic rings. The van der Waals surface area contributed by atoms with E-state index in [1.54, 1.807) is 22.7 Å². The van der Waals surface area contributed by atoms with Gasteiger partial charge in [-0.25, -0.2) is 4.98 Å². The molecule has 16 heavy (non-hydrogen) atoms. The van der Waals surface area contributed by atoms with Crippen molar-refractivity contribution in [1.82, 2.24) is 4.98 Å². The molecule has 0 unspecified atom stereocenters. The summed E-state index contributed by atoms with van der Waals surface area (Å²) in [5.74, 6) is 0. The molecule has 86 valence electrons. The third kappa shape index (κ3) is 2.83. The molecular formula is C12H16N2S2. The second-order valence-corrected chi connectivity index (χ2v) is 5.88. The molecule has 2 rings (SSSR count). The number of hydrogen-bond acceptors (Lipinski definition) is 4. The topological polar surface area (TPSA) is 24.9 Å². The van der Waals surface area contributed by atoms with Crippen molar-refractivity contribution in [3.8, 4) is 0 Å². The lowest BCUT2D eigenvalue weighted by Gasteiger charge is -2.00. The van der Waals surface area contributed by atoms with Gasteiger partial charge in [0.15, 0.2) is 5.13 Å². The van der Waals surface area contributed by atoms with Gasteiger partial charge in [0.05, 0.1) is 6.54 Å². The van der Waals surface area contributed by atoms with Crippen LogP contribution < -0.4 is 5.32 Å². The van der Waals surface area contributed by atoms with Gasteiger partial charge in [0.2, 0.25) is 0 Å². The maximum atomic E-state index is 4.38. The Morgan fingerprint density at radius 1 is 1.44 bits per heavy atom.